The first kappa shape index (κ1) is 15.2. The third-order valence-electron chi connectivity index (χ3n) is 3.81. The molecule has 1 aromatic heterocycles. The largest absolute Gasteiger partial charge is 0.310 e. The van der Waals surface area contributed by atoms with Crippen molar-refractivity contribution in [2.24, 2.45) is 11.3 Å². The fourth-order valence-corrected chi connectivity index (χ4v) is 1.99. The van der Waals surface area contributed by atoms with E-state index in [4.69, 9.17) is 0 Å². The van der Waals surface area contributed by atoms with Gasteiger partial charge in [0.2, 0.25) is 0 Å². The highest BCUT2D eigenvalue weighted by Gasteiger charge is 2.25. The highest BCUT2D eigenvalue weighted by molar-refractivity contribution is 4.95. The van der Waals surface area contributed by atoms with Crippen LogP contribution in [0.3, 0.4) is 0 Å². The number of nitrogens with one attached hydrogen (secondary N) is 1. The van der Waals surface area contributed by atoms with Gasteiger partial charge in [-0.25, -0.2) is 9.67 Å². The maximum atomic E-state index is 4.43. The molecule has 0 saturated carbocycles. The summed E-state index contributed by atoms with van der Waals surface area (Å²) in [5.41, 5.74) is 0.324. The van der Waals surface area contributed by atoms with E-state index in [0.29, 0.717) is 11.3 Å². The first-order valence-corrected chi connectivity index (χ1v) is 6.95. The maximum absolute atomic E-state index is 4.43. The molecule has 1 rings (SSSR count). The van der Waals surface area contributed by atoms with Crippen molar-refractivity contribution in [1.29, 1.82) is 0 Å². The summed E-state index contributed by atoms with van der Waals surface area (Å²) in [4.78, 5) is 4.43. The minimum atomic E-state index is 0.285. The fourth-order valence-electron chi connectivity index (χ4n) is 1.99. The molecule has 2 atom stereocenters. The molecule has 1 heterocycles. The van der Waals surface area contributed by atoms with E-state index in [1.165, 1.54) is 0 Å². The lowest BCUT2D eigenvalue weighted by Gasteiger charge is -2.30. The predicted molar refractivity (Wildman–Crippen MR) is 75.3 cm³/mol. The van der Waals surface area contributed by atoms with Gasteiger partial charge in [0, 0.05) is 6.54 Å². The second-order valence-electron chi connectivity index (χ2n) is 6.19. The summed E-state index contributed by atoms with van der Waals surface area (Å²) >= 11 is 0. The highest BCUT2D eigenvalue weighted by atomic mass is 15.3. The van der Waals surface area contributed by atoms with E-state index < -0.39 is 0 Å². The van der Waals surface area contributed by atoms with Gasteiger partial charge in [-0.15, -0.1) is 0 Å². The van der Waals surface area contributed by atoms with Gasteiger partial charge in [-0.05, 0) is 31.2 Å². The van der Waals surface area contributed by atoms with Gasteiger partial charge in [-0.1, -0.05) is 34.6 Å². The highest BCUT2D eigenvalue weighted by Crippen LogP contribution is 2.32. The van der Waals surface area contributed by atoms with Crippen molar-refractivity contribution in [3.8, 4) is 0 Å². The third-order valence-corrected chi connectivity index (χ3v) is 3.81. The molecule has 2 unspecified atom stereocenters. The Morgan fingerprint density at radius 2 is 2.06 bits per heavy atom. The zero-order valence-corrected chi connectivity index (χ0v) is 12.7. The van der Waals surface area contributed by atoms with Crippen LogP contribution in [0.25, 0.3) is 0 Å². The minimum absolute atomic E-state index is 0.285. The molecule has 0 spiro atoms. The SMILES string of the molecule is CCCn1ncnc1C(CC(C)C(C)(C)C)NC. The Balaban J connectivity index is 2.80. The first-order chi connectivity index (χ1) is 8.40. The summed E-state index contributed by atoms with van der Waals surface area (Å²) in [5, 5.41) is 7.69. The summed E-state index contributed by atoms with van der Waals surface area (Å²) in [7, 11) is 2.00. The summed E-state index contributed by atoms with van der Waals surface area (Å²) in [6.07, 6.45) is 3.83. The number of aryl methyl sites for hydroxylation is 1. The molecule has 0 aliphatic rings. The summed E-state index contributed by atoms with van der Waals surface area (Å²) < 4.78 is 2.02. The van der Waals surface area contributed by atoms with E-state index in [1.54, 1.807) is 6.33 Å². The fraction of sp³-hybridized carbons (Fsp3) is 0.857. The van der Waals surface area contributed by atoms with Crippen LogP contribution in [0.2, 0.25) is 0 Å². The van der Waals surface area contributed by atoms with Crippen molar-refractivity contribution in [1.82, 2.24) is 20.1 Å². The molecule has 1 aromatic rings. The number of aromatic nitrogens is 3. The van der Waals surface area contributed by atoms with Crippen LogP contribution < -0.4 is 5.32 Å². The van der Waals surface area contributed by atoms with Crippen molar-refractivity contribution in [3.63, 3.8) is 0 Å². The van der Waals surface area contributed by atoms with E-state index in [0.717, 1.165) is 25.2 Å². The van der Waals surface area contributed by atoms with Crippen molar-refractivity contribution < 1.29 is 0 Å². The Labute approximate surface area is 111 Å². The zero-order valence-electron chi connectivity index (χ0n) is 12.7. The van der Waals surface area contributed by atoms with E-state index in [1.807, 2.05) is 11.7 Å². The molecule has 0 fully saturated rings. The van der Waals surface area contributed by atoms with Gasteiger partial charge in [0.15, 0.2) is 0 Å². The number of rotatable bonds is 6. The molecule has 0 aliphatic heterocycles. The Hall–Kier alpha value is -0.900. The van der Waals surface area contributed by atoms with Gasteiger partial charge in [0.05, 0.1) is 6.04 Å². The van der Waals surface area contributed by atoms with Gasteiger partial charge in [0.1, 0.15) is 12.2 Å². The second-order valence-corrected chi connectivity index (χ2v) is 6.19. The minimum Gasteiger partial charge on any atom is -0.310 e. The lowest BCUT2D eigenvalue weighted by molar-refractivity contribution is 0.221. The number of hydrogen-bond acceptors (Lipinski definition) is 3. The van der Waals surface area contributed by atoms with E-state index in [-0.39, 0.29) is 6.04 Å². The first-order valence-electron chi connectivity index (χ1n) is 6.95. The number of hydrogen-bond donors (Lipinski definition) is 1. The van der Waals surface area contributed by atoms with Gasteiger partial charge < -0.3 is 5.32 Å². The molecule has 0 saturated heterocycles. The summed E-state index contributed by atoms with van der Waals surface area (Å²) in [5.74, 6) is 1.69. The molecule has 4 nitrogen and oxygen atoms in total. The van der Waals surface area contributed by atoms with Crippen molar-refractivity contribution >= 4 is 0 Å². The normalized spacial score (nSPS) is 15.7. The van der Waals surface area contributed by atoms with Gasteiger partial charge >= 0.3 is 0 Å². The van der Waals surface area contributed by atoms with Gasteiger partial charge in [0.25, 0.3) is 0 Å². The van der Waals surface area contributed by atoms with Gasteiger partial charge in [-0.3, -0.25) is 0 Å². The molecule has 1 N–H and O–H groups in total. The molecule has 0 bridgehead atoms. The monoisotopic (exact) mass is 252 g/mol. The van der Waals surface area contributed by atoms with Crippen molar-refractivity contribution in [2.75, 3.05) is 7.05 Å². The molecule has 18 heavy (non-hydrogen) atoms. The van der Waals surface area contributed by atoms with Crippen LogP contribution in [0.1, 0.15) is 59.3 Å². The van der Waals surface area contributed by atoms with E-state index in [9.17, 15) is 0 Å². The molecular formula is C14H28N4. The quantitative estimate of drug-likeness (QED) is 0.846. The van der Waals surface area contributed by atoms with Crippen LogP contribution in [0.15, 0.2) is 6.33 Å². The van der Waals surface area contributed by atoms with Crippen LogP contribution in [-0.2, 0) is 6.54 Å². The lowest BCUT2D eigenvalue weighted by Crippen LogP contribution is -2.27. The van der Waals surface area contributed by atoms with Crippen LogP contribution in [-0.4, -0.2) is 21.8 Å². The van der Waals surface area contributed by atoms with Crippen molar-refractivity contribution in [2.45, 2.75) is 60.0 Å². The third kappa shape index (κ3) is 3.80. The Morgan fingerprint density at radius 1 is 1.39 bits per heavy atom. The molecule has 0 aromatic carbocycles. The van der Waals surface area contributed by atoms with Crippen LogP contribution in [0.5, 0.6) is 0 Å². The Morgan fingerprint density at radius 3 is 2.56 bits per heavy atom. The predicted octanol–water partition coefficient (Wildman–Crippen LogP) is 3.02. The average molecular weight is 252 g/mol. The molecule has 0 amide bonds. The molecule has 0 radical (unpaired) electrons. The van der Waals surface area contributed by atoms with Gasteiger partial charge in [-0.2, -0.15) is 5.10 Å². The Bertz CT molecular complexity index is 351. The smallest absolute Gasteiger partial charge is 0.143 e. The topological polar surface area (TPSA) is 42.7 Å². The van der Waals surface area contributed by atoms with E-state index in [2.05, 4.69) is 50.0 Å². The summed E-state index contributed by atoms with van der Waals surface area (Å²) in [6, 6.07) is 0.285. The molecule has 4 heteroatoms. The zero-order chi connectivity index (χ0) is 13.8. The van der Waals surface area contributed by atoms with Crippen LogP contribution in [0.4, 0.5) is 0 Å². The van der Waals surface area contributed by atoms with E-state index >= 15 is 0 Å². The second kappa shape index (κ2) is 6.32. The molecule has 104 valence electrons. The standard InChI is InChI=1S/C14H28N4/c1-7-8-18-13(16-10-17-18)12(15-6)9-11(2)14(3,4)5/h10-12,15H,7-9H2,1-6H3. The summed E-state index contributed by atoms with van der Waals surface area (Å²) in [6.45, 7) is 12.3. The number of nitrogens with zero attached hydrogens (tertiary/aromatic N) is 3. The maximum Gasteiger partial charge on any atom is 0.143 e. The Kier molecular flexibility index (Phi) is 5.32. The van der Waals surface area contributed by atoms with Crippen molar-refractivity contribution in [3.05, 3.63) is 12.2 Å². The van der Waals surface area contributed by atoms with Crippen LogP contribution in [0, 0.1) is 11.3 Å². The average Bonchev–Trinajstić information content (AvgIpc) is 2.73. The molecular weight excluding hydrogens is 224 g/mol. The van der Waals surface area contributed by atoms with Crippen LogP contribution >= 0.6 is 0 Å². The lowest BCUT2D eigenvalue weighted by atomic mass is 9.78. The molecule has 0 aliphatic carbocycles.